The molecule has 2 aromatic rings. The van der Waals surface area contributed by atoms with Crippen molar-refractivity contribution < 1.29 is 14.3 Å². The van der Waals surface area contributed by atoms with Crippen molar-refractivity contribution >= 4 is 23.3 Å². The maximum Gasteiger partial charge on any atom is 0.265 e. The standard InChI is InChI=1S/C17H19N5O4/c1-10-2-3-12-11(6-10)22(17(25)9-26-12)8-16(24)19-5-4-14-20-13(18)7-15(23)21-14/h2-3,6-7H,4-5,8-9H2,1H3,(H,19,24)(H3,18,20,21,23). The summed E-state index contributed by atoms with van der Waals surface area (Å²) in [5, 5.41) is 2.71. The van der Waals surface area contributed by atoms with Gasteiger partial charge in [-0.3, -0.25) is 19.3 Å². The number of benzene rings is 1. The molecule has 0 bridgehead atoms. The monoisotopic (exact) mass is 357 g/mol. The predicted octanol–water partition coefficient (Wildman–Crippen LogP) is -0.255. The molecule has 136 valence electrons. The smallest absolute Gasteiger partial charge is 0.265 e. The van der Waals surface area contributed by atoms with Crippen LogP contribution >= 0.6 is 0 Å². The SMILES string of the molecule is Cc1ccc2c(c1)N(CC(=O)NCCc1nc(N)cc(=O)[nH]1)C(=O)CO2. The second kappa shape index (κ2) is 7.26. The molecule has 2 amide bonds. The first-order valence-corrected chi connectivity index (χ1v) is 8.08. The van der Waals surface area contributed by atoms with Crippen LogP contribution in [0.4, 0.5) is 11.5 Å². The molecule has 26 heavy (non-hydrogen) atoms. The van der Waals surface area contributed by atoms with E-state index in [2.05, 4.69) is 15.3 Å². The van der Waals surface area contributed by atoms with Crippen molar-refractivity contribution in [1.82, 2.24) is 15.3 Å². The zero-order valence-corrected chi connectivity index (χ0v) is 14.2. The maximum absolute atomic E-state index is 12.2. The largest absolute Gasteiger partial charge is 0.482 e. The van der Waals surface area contributed by atoms with Crippen LogP contribution in [-0.4, -0.2) is 41.5 Å². The molecular formula is C17H19N5O4. The molecule has 1 aromatic carbocycles. The Morgan fingerprint density at radius 1 is 1.38 bits per heavy atom. The molecule has 1 aromatic heterocycles. The van der Waals surface area contributed by atoms with E-state index in [1.807, 2.05) is 13.0 Å². The number of nitrogens with two attached hydrogens (primary N) is 1. The number of aromatic nitrogens is 2. The Morgan fingerprint density at radius 3 is 2.96 bits per heavy atom. The molecule has 0 atom stereocenters. The number of H-pyrrole nitrogens is 1. The van der Waals surface area contributed by atoms with Gasteiger partial charge in [-0.1, -0.05) is 6.07 Å². The van der Waals surface area contributed by atoms with E-state index >= 15 is 0 Å². The third kappa shape index (κ3) is 4.00. The summed E-state index contributed by atoms with van der Waals surface area (Å²) in [6.07, 6.45) is 0.318. The van der Waals surface area contributed by atoms with Crippen LogP contribution in [0.25, 0.3) is 0 Å². The molecule has 0 fully saturated rings. The molecule has 0 aliphatic carbocycles. The number of carbonyl (C=O) groups is 2. The molecule has 0 saturated carbocycles. The van der Waals surface area contributed by atoms with E-state index in [4.69, 9.17) is 10.5 Å². The number of fused-ring (bicyclic) bond motifs is 1. The van der Waals surface area contributed by atoms with Gasteiger partial charge >= 0.3 is 0 Å². The number of anilines is 2. The van der Waals surface area contributed by atoms with Gasteiger partial charge in [-0.05, 0) is 24.6 Å². The van der Waals surface area contributed by atoms with Gasteiger partial charge in [-0.15, -0.1) is 0 Å². The number of nitrogen functional groups attached to an aromatic ring is 1. The fourth-order valence-electron chi connectivity index (χ4n) is 2.65. The first kappa shape index (κ1) is 17.5. The third-order valence-corrected chi connectivity index (χ3v) is 3.85. The van der Waals surface area contributed by atoms with Gasteiger partial charge in [0.05, 0.1) is 5.69 Å². The fourth-order valence-corrected chi connectivity index (χ4v) is 2.65. The number of hydrogen-bond donors (Lipinski definition) is 3. The van der Waals surface area contributed by atoms with Crippen molar-refractivity contribution in [2.24, 2.45) is 0 Å². The van der Waals surface area contributed by atoms with E-state index in [0.717, 1.165) is 5.56 Å². The topological polar surface area (TPSA) is 130 Å². The van der Waals surface area contributed by atoms with E-state index in [-0.39, 0.29) is 42.9 Å². The van der Waals surface area contributed by atoms with Crippen molar-refractivity contribution in [1.29, 1.82) is 0 Å². The van der Waals surface area contributed by atoms with Crippen molar-refractivity contribution in [2.45, 2.75) is 13.3 Å². The summed E-state index contributed by atoms with van der Waals surface area (Å²) in [5.74, 6) is 0.489. The highest BCUT2D eigenvalue weighted by Gasteiger charge is 2.27. The lowest BCUT2D eigenvalue weighted by atomic mass is 10.1. The van der Waals surface area contributed by atoms with Crippen LogP contribution in [0.15, 0.2) is 29.1 Å². The van der Waals surface area contributed by atoms with Gasteiger partial charge in [0.1, 0.15) is 23.9 Å². The van der Waals surface area contributed by atoms with Crippen molar-refractivity contribution in [3.05, 3.63) is 46.0 Å². The van der Waals surface area contributed by atoms with Gasteiger partial charge in [-0.25, -0.2) is 4.98 Å². The number of nitrogens with zero attached hydrogens (tertiary/aromatic N) is 2. The minimum absolute atomic E-state index is 0.0994. The number of rotatable bonds is 5. The zero-order chi connectivity index (χ0) is 18.7. The second-order valence-corrected chi connectivity index (χ2v) is 5.96. The Bertz CT molecular complexity index is 908. The number of aromatic amines is 1. The lowest BCUT2D eigenvalue weighted by Crippen LogP contribution is -2.45. The first-order chi connectivity index (χ1) is 12.4. The highest BCUT2D eigenvalue weighted by Crippen LogP contribution is 2.32. The molecule has 0 radical (unpaired) electrons. The van der Waals surface area contributed by atoms with E-state index in [1.165, 1.54) is 11.0 Å². The third-order valence-electron chi connectivity index (χ3n) is 3.85. The van der Waals surface area contributed by atoms with Gasteiger partial charge in [-0.2, -0.15) is 0 Å². The number of ether oxygens (including phenoxy) is 1. The number of aryl methyl sites for hydroxylation is 1. The summed E-state index contributed by atoms with van der Waals surface area (Å²) < 4.78 is 5.39. The summed E-state index contributed by atoms with van der Waals surface area (Å²) in [5.41, 5.74) is 6.71. The Morgan fingerprint density at radius 2 is 2.19 bits per heavy atom. The zero-order valence-electron chi connectivity index (χ0n) is 14.2. The summed E-state index contributed by atoms with van der Waals surface area (Å²) in [6, 6.07) is 6.66. The second-order valence-electron chi connectivity index (χ2n) is 5.96. The molecule has 1 aliphatic rings. The normalized spacial score (nSPS) is 13.1. The Kier molecular flexibility index (Phi) is 4.87. The average Bonchev–Trinajstić information content (AvgIpc) is 2.57. The number of amides is 2. The van der Waals surface area contributed by atoms with E-state index in [0.29, 0.717) is 23.7 Å². The predicted molar refractivity (Wildman–Crippen MR) is 95.0 cm³/mol. The molecule has 1 aliphatic heterocycles. The summed E-state index contributed by atoms with van der Waals surface area (Å²) in [7, 11) is 0. The molecule has 0 saturated heterocycles. The Hall–Kier alpha value is -3.36. The highest BCUT2D eigenvalue weighted by atomic mass is 16.5. The summed E-state index contributed by atoms with van der Waals surface area (Å²) in [6.45, 7) is 1.94. The minimum Gasteiger partial charge on any atom is -0.482 e. The van der Waals surface area contributed by atoms with Crippen molar-refractivity contribution in [3.63, 3.8) is 0 Å². The quantitative estimate of drug-likeness (QED) is 0.676. The number of carbonyl (C=O) groups excluding carboxylic acids is 2. The molecule has 9 heteroatoms. The van der Waals surface area contributed by atoms with Crippen LogP contribution in [0.5, 0.6) is 5.75 Å². The molecular weight excluding hydrogens is 338 g/mol. The number of hydrogen-bond acceptors (Lipinski definition) is 6. The van der Waals surface area contributed by atoms with Crippen LogP contribution in [0.3, 0.4) is 0 Å². The molecule has 4 N–H and O–H groups in total. The van der Waals surface area contributed by atoms with Crippen LogP contribution in [0, 0.1) is 6.92 Å². The minimum atomic E-state index is -0.343. The Labute approximate surface area is 149 Å². The molecule has 0 spiro atoms. The summed E-state index contributed by atoms with van der Waals surface area (Å²) >= 11 is 0. The van der Waals surface area contributed by atoms with Crippen molar-refractivity contribution in [2.75, 3.05) is 30.3 Å². The molecule has 9 nitrogen and oxygen atoms in total. The highest BCUT2D eigenvalue weighted by molar-refractivity contribution is 6.02. The first-order valence-electron chi connectivity index (χ1n) is 8.08. The average molecular weight is 357 g/mol. The molecule has 0 unspecified atom stereocenters. The van der Waals surface area contributed by atoms with Gasteiger partial charge in [0.25, 0.3) is 11.5 Å². The fraction of sp³-hybridized carbons (Fsp3) is 0.294. The van der Waals surface area contributed by atoms with Crippen LogP contribution in [-0.2, 0) is 16.0 Å². The lowest BCUT2D eigenvalue weighted by Gasteiger charge is -2.29. The summed E-state index contributed by atoms with van der Waals surface area (Å²) in [4.78, 5) is 43.6. The van der Waals surface area contributed by atoms with Crippen molar-refractivity contribution in [3.8, 4) is 5.75 Å². The molecule has 2 heterocycles. The van der Waals surface area contributed by atoms with Gasteiger partial charge in [0, 0.05) is 19.0 Å². The lowest BCUT2D eigenvalue weighted by molar-refractivity contribution is -0.125. The maximum atomic E-state index is 12.2. The van der Waals surface area contributed by atoms with Gasteiger partial charge < -0.3 is 20.8 Å². The number of nitrogens with one attached hydrogen (secondary N) is 2. The van der Waals surface area contributed by atoms with Crippen LogP contribution in [0.2, 0.25) is 0 Å². The van der Waals surface area contributed by atoms with E-state index in [1.54, 1.807) is 12.1 Å². The Balaban J connectivity index is 1.60. The van der Waals surface area contributed by atoms with Crippen LogP contribution < -0.4 is 26.2 Å². The van der Waals surface area contributed by atoms with Gasteiger partial charge in [0.2, 0.25) is 5.91 Å². The van der Waals surface area contributed by atoms with E-state index in [9.17, 15) is 14.4 Å². The van der Waals surface area contributed by atoms with Crippen LogP contribution in [0.1, 0.15) is 11.4 Å². The van der Waals surface area contributed by atoms with Gasteiger partial charge in [0.15, 0.2) is 6.61 Å². The van der Waals surface area contributed by atoms with E-state index < -0.39 is 0 Å². The molecule has 3 rings (SSSR count).